The van der Waals surface area contributed by atoms with E-state index in [1.807, 2.05) is 55.5 Å². The Morgan fingerprint density at radius 1 is 1.08 bits per heavy atom. The number of nitrogens with one attached hydrogen (secondary N) is 1. The molecule has 0 radical (unpaired) electrons. The van der Waals surface area contributed by atoms with Crippen molar-refractivity contribution in [1.82, 2.24) is 5.32 Å². The number of nitrogens with zero attached hydrogens (tertiary/aromatic N) is 3. The maximum atomic E-state index is 13.6. The zero-order valence-electron chi connectivity index (χ0n) is 19.4. The van der Waals surface area contributed by atoms with Gasteiger partial charge in [-0.25, -0.2) is 0 Å². The van der Waals surface area contributed by atoms with E-state index in [2.05, 4.69) is 5.32 Å². The topological polar surface area (TPSA) is 116 Å². The highest BCUT2D eigenvalue weighted by Gasteiger charge is 2.41. The first-order chi connectivity index (χ1) is 17.4. The normalized spacial score (nSPS) is 16.4. The molecule has 1 saturated heterocycles. The van der Waals surface area contributed by atoms with Crippen molar-refractivity contribution in [3.05, 3.63) is 116 Å². The van der Waals surface area contributed by atoms with Gasteiger partial charge in [0.1, 0.15) is 16.7 Å². The molecule has 180 valence electrons. The zero-order chi connectivity index (χ0) is 25.7. The van der Waals surface area contributed by atoms with Gasteiger partial charge < -0.3 is 5.32 Å². The molecule has 0 bridgehead atoms. The lowest BCUT2D eigenvalue weighted by Crippen LogP contribution is -2.32. The van der Waals surface area contributed by atoms with Gasteiger partial charge >= 0.3 is 0 Å². The smallest absolute Gasteiger partial charge is 0.272 e. The first kappa shape index (κ1) is 24.7. The molecule has 2 amide bonds. The molecule has 4 rings (SSSR count). The summed E-state index contributed by atoms with van der Waals surface area (Å²) < 4.78 is 0. The molecule has 3 aromatic carbocycles. The minimum atomic E-state index is -0.743. The highest BCUT2D eigenvalue weighted by molar-refractivity contribution is 8.05. The van der Waals surface area contributed by atoms with Crippen LogP contribution in [0.1, 0.15) is 16.7 Å². The minimum Gasteiger partial charge on any atom is -0.347 e. The number of amides is 2. The first-order valence-corrected chi connectivity index (χ1v) is 12.0. The van der Waals surface area contributed by atoms with Gasteiger partial charge in [0.05, 0.1) is 10.2 Å². The molecular formula is C27H22N4O4S. The number of rotatable bonds is 7. The van der Waals surface area contributed by atoms with Gasteiger partial charge in [0.25, 0.3) is 11.6 Å². The van der Waals surface area contributed by atoms with Crippen LogP contribution in [0.2, 0.25) is 0 Å². The monoisotopic (exact) mass is 498 g/mol. The lowest BCUT2D eigenvalue weighted by Gasteiger charge is -2.19. The average Bonchev–Trinajstić information content (AvgIpc) is 3.19. The predicted molar refractivity (Wildman–Crippen MR) is 138 cm³/mol. The van der Waals surface area contributed by atoms with E-state index in [0.29, 0.717) is 11.3 Å². The second-order valence-electron chi connectivity index (χ2n) is 8.17. The van der Waals surface area contributed by atoms with Crippen molar-refractivity contribution in [3.8, 4) is 6.07 Å². The second kappa shape index (κ2) is 10.9. The molecule has 1 aliphatic heterocycles. The van der Waals surface area contributed by atoms with Crippen LogP contribution in [-0.4, -0.2) is 22.0 Å². The lowest BCUT2D eigenvalue weighted by atomic mass is 10.1. The Kier molecular flexibility index (Phi) is 7.47. The van der Waals surface area contributed by atoms with Crippen LogP contribution in [0.3, 0.4) is 0 Å². The average molecular weight is 499 g/mol. The summed E-state index contributed by atoms with van der Waals surface area (Å²) in [6, 6.07) is 24.7. The predicted octanol–water partition coefficient (Wildman–Crippen LogP) is 4.65. The van der Waals surface area contributed by atoms with Crippen LogP contribution < -0.4 is 10.2 Å². The van der Waals surface area contributed by atoms with Gasteiger partial charge in [-0.05, 0) is 24.6 Å². The molecule has 0 spiro atoms. The maximum absolute atomic E-state index is 13.6. The highest BCUT2D eigenvalue weighted by Crippen LogP contribution is 2.42. The Hall–Kier alpha value is -4.42. The summed E-state index contributed by atoms with van der Waals surface area (Å²) in [6.07, 6.45) is 0.0802. The van der Waals surface area contributed by atoms with Crippen molar-refractivity contribution in [1.29, 1.82) is 5.26 Å². The molecule has 1 aliphatic rings. The fraction of sp³-hybridized carbons (Fsp3) is 0.148. The molecule has 1 heterocycles. The van der Waals surface area contributed by atoms with Crippen molar-refractivity contribution in [2.45, 2.75) is 25.1 Å². The summed E-state index contributed by atoms with van der Waals surface area (Å²) in [5.41, 5.74) is 2.52. The summed E-state index contributed by atoms with van der Waals surface area (Å²) in [4.78, 5) is 39.0. The van der Waals surface area contributed by atoms with Crippen molar-refractivity contribution in [2.24, 2.45) is 0 Å². The number of benzene rings is 3. The van der Waals surface area contributed by atoms with Crippen LogP contribution in [0.5, 0.6) is 0 Å². The third-order valence-electron chi connectivity index (χ3n) is 5.69. The van der Waals surface area contributed by atoms with Crippen LogP contribution in [0.4, 0.5) is 11.4 Å². The van der Waals surface area contributed by atoms with E-state index in [0.717, 1.165) is 22.9 Å². The zero-order valence-corrected chi connectivity index (χ0v) is 20.2. The van der Waals surface area contributed by atoms with Crippen LogP contribution in [0, 0.1) is 28.4 Å². The number of nitriles is 1. The largest absolute Gasteiger partial charge is 0.347 e. The standard InChI is InChI=1S/C27H22N4O4S/c1-18-11-13-21(14-12-18)30-26(33)24(15-20-9-5-6-10-23(20)31(34)35)36-27(30)22(16-28)25(32)29-17-19-7-3-2-4-8-19/h2-14,24H,15,17H2,1H3,(H,29,32)/b27-22+/t24-/m0/s1. The van der Waals surface area contributed by atoms with Crippen LogP contribution in [0.15, 0.2) is 89.5 Å². The molecule has 1 fully saturated rings. The van der Waals surface area contributed by atoms with Crippen molar-refractivity contribution in [2.75, 3.05) is 4.90 Å². The van der Waals surface area contributed by atoms with E-state index in [4.69, 9.17) is 0 Å². The van der Waals surface area contributed by atoms with Crippen LogP contribution in [0.25, 0.3) is 0 Å². The van der Waals surface area contributed by atoms with E-state index in [9.17, 15) is 25.0 Å². The first-order valence-electron chi connectivity index (χ1n) is 11.1. The molecule has 0 aromatic heterocycles. The minimum absolute atomic E-state index is 0.0775. The summed E-state index contributed by atoms with van der Waals surface area (Å²) in [5, 5.41) is 23.6. The molecule has 1 N–H and O–H groups in total. The molecule has 0 aliphatic carbocycles. The number of thioether (sulfide) groups is 1. The number of nitro groups is 1. The molecule has 3 aromatic rings. The molecule has 1 atom stereocenters. The molecule has 0 saturated carbocycles. The number of carbonyl (C=O) groups is 2. The molecule has 9 heteroatoms. The number of anilines is 1. The Balaban J connectivity index is 1.70. The van der Waals surface area contributed by atoms with Gasteiger partial charge in [0, 0.05) is 30.3 Å². The number of para-hydroxylation sites is 1. The number of aryl methyl sites for hydroxylation is 1. The van der Waals surface area contributed by atoms with Gasteiger partial charge in [-0.15, -0.1) is 0 Å². The molecular weight excluding hydrogens is 476 g/mol. The highest BCUT2D eigenvalue weighted by atomic mass is 32.2. The van der Waals surface area contributed by atoms with E-state index in [-0.39, 0.29) is 35.2 Å². The summed E-state index contributed by atoms with van der Waals surface area (Å²) in [7, 11) is 0. The Bertz CT molecular complexity index is 1380. The second-order valence-corrected chi connectivity index (χ2v) is 9.36. The number of hydrogen-bond acceptors (Lipinski definition) is 6. The number of carbonyl (C=O) groups excluding carboxylic acids is 2. The summed E-state index contributed by atoms with van der Waals surface area (Å²) in [6.45, 7) is 2.14. The summed E-state index contributed by atoms with van der Waals surface area (Å²) in [5.74, 6) is -0.944. The van der Waals surface area contributed by atoms with Gasteiger partial charge in [-0.3, -0.25) is 24.6 Å². The SMILES string of the molecule is Cc1ccc(N2C(=O)[C@H](Cc3ccccc3[N+](=O)[O-])S/C2=C(\C#N)C(=O)NCc2ccccc2)cc1. The third kappa shape index (κ3) is 5.29. The van der Waals surface area contributed by atoms with Gasteiger partial charge in [-0.2, -0.15) is 5.26 Å². The van der Waals surface area contributed by atoms with E-state index in [1.54, 1.807) is 30.3 Å². The van der Waals surface area contributed by atoms with Gasteiger partial charge in [0.15, 0.2) is 0 Å². The third-order valence-corrected chi connectivity index (χ3v) is 6.95. The van der Waals surface area contributed by atoms with Crippen molar-refractivity contribution >= 4 is 35.0 Å². The Labute approximate surface area is 212 Å². The molecule has 8 nitrogen and oxygen atoms in total. The van der Waals surface area contributed by atoms with Crippen molar-refractivity contribution < 1.29 is 14.5 Å². The fourth-order valence-corrected chi connectivity index (χ4v) is 5.14. The Morgan fingerprint density at radius 2 is 1.75 bits per heavy atom. The number of hydrogen-bond donors (Lipinski definition) is 1. The van der Waals surface area contributed by atoms with Crippen molar-refractivity contribution in [3.63, 3.8) is 0 Å². The van der Waals surface area contributed by atoms with E-state index >= 15 is 0 Å². The van der Waals surface area contributed by atoms with Crippen LogP contribution >= 0.6 is 11.8 Å². The lowest BCUT2D eigenvalue weighted by molar-refractivity contribution is -0.385. The number of nitro benzene ring substituents is 1. The van der Waals surface area contributed by atoms with Gasteiger partial charge in [0.2, 0.25) is 5.91 Å². The van der Waals surface area contributed by atoms with Crippen LogP contribution in [-0.2, 0) is 22.6 Å². The summed E-state index contributed by atoms with van der Waals surface area (Å²) >= 11 is 1.07. The Morgan fingerprint density at radius 3 is 2.42 bits per heavy atom. The van der Waals surface area contributed by atoms with E-state index in [1.165, 1.54) is 11.0 Å². The quantitative estimate of drug-likeness (QED) is 0.219. The van der Waals surface area contributed by atoms with E-state index < -0.39 is 16.1 Å². The van der Waals surface area contributed by atoms with Gasteiger partial charge in [-0.1, -0.05) is 78.0 Å². The molecule has 0 unspecified atom stereocenters. The molecule has 36 heavy (non-hydrogen) atoms. The maximum Gasteiger partial charge on any atom is 0.272 e. The fourth-order valence-electron chi connectivity index (χ4n) is 3.84.